The zero-order chi connectivity index (χ0) is 20.5. The van der Waals surface area contributed by atoms with Gasteiger partial charge < -0.3 is 10.1 Å². The van der Waals surface area contributed by atoms with Gasteiger partial charge in [0.05, 0.1) is 21.1 Å². The Morgan fingerprint density at radius 3 is 2.83 bits per heavy atom. The molecule has 1 aliphatic rings. The number of hydrogen-bond acceptors (Lipinski definition) is 5. The second kappa shape index (κ2) is 7.97. The minimum atomic E-state index is -0.539. The summed E-state index contributed by atoms with van der Waals surface area (Å²) in [6.45, 7) is 1.26. The number of pyridine rings is 2. The van der Waals surface area contributed by atoms with E-state index in [0.29, 0.717) is 16.1 Å². The number of fused-ring (bicyclic) bond motifs is 2. The molecule has 0 aliphatic heterocycles. The van der Waals surface area contributed by atoms with E-state index < -0.39 is 18.5 Å². The highest BCUT2D eigenvalue weighted by Crippen LogP contribution is 2.31. The van der Waals surface area contributed by atoms with Gasteiger partial charge in [0.1, 0.15) is 0 Å². The molecule has 2 heterocycles. The van der Waals surface area contributed by atoms with Crippen molar-refractivity contribution in [1.29, 1.82) is 0 Å². The molecule has 1 aliphatic carbocycles. The molecule has 0 atom stereocenters. The van der Waals surface area contributed by atoms with Crippen LogP contribution in [-0.4, -0.2) is 28.5 Å². The average molecular weight is 430 g/mol. The van der Waals surface area contributed by atoms with Crippen molar-refractivity contribution < 1.29 is 14.3 Å². The number of carbonyl (C=O) groups excluding carboxylic acids is 2. The third kappa shape index (κ3) is 3.78. The molecular formula is C21H17Cl2N3O3. The van der Waals surface area contributed by atoms with Gasteiger partial charge in [-0.3, -0.25) is 9.78 Å². The van der Waals surface area contributed by atoms with Gasteiger partial charge in [-0.15, -0.1) is 0 Å². The van der Waals surface area contributed by atoms with E-state index >= 15 is 0 Å². The maximum atomic E-state index is 12.9. The molecule has 1 aromatic carbocycles. The van der Waals surface area contributed by atoms with E-state index in [2.05, 4.69) is 15.3 Å². The Kier molecular flexibility index (Phi) is 5.39. The second-order valence-electron chi connectivity index (χ2n) is 6.80. The number of ether oxygens (including phenoxy) is 1. The van der Waals surface area contributed by atoms with Gasteiger partial charge in [0.25, 0.3) is 5.91 Å². The first-order valence-electron chi connectivity index (χ1n) is 9.13. The first-order chi connectivity index (χ1) is 14.0. The van der Waals surface area contributed by atoms with Crippen LogP contribution in [0, 0.1) is 6.92 Å². The lowest BCUT2D eigenvalue weighted by Gasteiger charge is -2.12. The zero-order valence-corrected chi connectivity index (χ0v) is 17.1. The standard InChI is InChI=1S/C21H17Cl2N3O3/c1-11-14(22)9-24-20(19(11)23)26-17(27)10-29-21(28)18-12-5-2-3-7-15(12)25-16-8-4-6-13(16)18/h2-3,5,7,9H,4,6,8,10H2,1H3,(H,24,26,27). The number of amides is 1. The Morgan fingerprint density at radius 1 is 1.21 bits per heavy atom. The van der Waals surface area contributed by atoms with E-state index in [0.717, 1.165) is 41.4 Å². The van der Waals surface area contributed by atoms with Crippen LogP contribution in [-0.2, 0) is 22.4 Å². The van der Waals surface area contributed by atoms with Gasteiger partial charge in [-0.05, 0) is 43.4 Å². The number of anilines is 1. The lowest BCUT2D eigenvalue weighted by atomic mass is 10.0. The van der Waals surface area contributed by atoms with Crippen LogP contribution in [0.25, 0.3) is 10.9 Å². The van der Waals surface area contributed by atoms with Crippen molar-refractivity contribution >= 4 is 51.8 Å². The first kappa shape index (κ1) is 19.6. The molecule has 0 fully saturated rings. The Hall–Kier alpha value is -2.70. The predicted molar refractivity (Wildman–Crippen MR) is 112 cm³/mol. The number of para-hydroxylation sites is 1. The number of aryl methyl sites for hydroxylation is 1. The molecule has 1 amide bonds. The van der Waals surface area contributed by atoms with Crippen LogP contribution in [0.2, 0.25) is 10.0 Å². The number of halogens is 2. The molecule has 0 spiro atoms. The number of esters is 1. The van der Waals surface area contributed by atoms with Crippen molar-refractivity contribution in [2.75, 3.05) is 11.9 Å². The molecule has 29 heavy (non-hydrogen) atoms. The smallest absolute Gasteiger partial charge is 0.339 e. The molecule has 8 heteroatoms. The summed E-state index contributed by atoms with van der Waals surface area (Å²) in [6.07, 6.45) is 3.95. The lowest BCUT2D eigenvalue weighted by molar-refractivity contribution is -0.119. The number of hydrogen-bond donors (Lipinski definition) is 1. The number of nitrogens with zero attached hydrogens (tertiary/aromatic N) is 2. The van der Waals surface area contributed by atoms with Crippen LogP contribution in [0.4, 0.5) is 5.82 Å². The highest BCUT2D eigenvalue weighted by Gasteiger charge is 2.25. The fourth-order valence-corrected chi connectivity index (χ4v) is 3.85. The summed E-state index contributed by atoms with van der Waals surface area (Å²) in [6, 6.07) is 7.45. The number of carbonyl (C=O) groups is 2. The molecule has 6 nitrogen and oxygen atoms in total. The normalized spacial score (nSPS) is 12.7. The van der Waals surface area contributed by atoms with E-state index in [4.69, 9.17) is 27.9 Å². The molecule has 0 saturated carbocycles. The Balaban J connectivity index is 1.52. The number of benzene rings is 1. The summed E-state index contributed by atoms with van der Waals surface area (Å²) in [5.74, 6) is -0.905. The minimum Gasteiger partial charge on any atom is -0.452 e. The minimum absolute atomic E-state index is 0.171. The maximum Gasteiger partial charge on any atom is 0.339 e. The van der Waals surface area contributed by atoms with Gasteiger partial charge in [0, 0.05) is 17.3 Å². The van der Waals surface area contributed by atoms with Crippen LogP contribution >= 0.6 is 23.2 Å². The highest BCUT2D eigenvalue weighted by molar-refractivity contribution is 6.37. The topological polar surface area (TPSA) is 81.2 Å². The fraction of sp³-hybridized carbons (Fsp3) is 0.238. The SMILES string of the molecule is Cc1c(Cl)cnc(NC(=O)COC(=O)c2c3c(nc4ccccc24)CCC3)c1Cl. The van der Waals surface area contributed by atoms with E-state index in [1.54, 1.807) is 6.92 Å². The lowest BCUT2D eigenvalue weighted by Crippen LogP contribution is -2.22. The fourth-order valence-electron chi connectivity index (χ4n) is 3.46. The Bertz CT molecular complexity index is 1150. The molecule has 0 saturated heterocycles. The van der Waals surface area contributed by atoms with Gasteiger partial charge in [0.2, 0.25) is 0 Å². The van der Waals surface area contributed by atoms with Crippen LogP contribution in [0.15, 0.2) is 30.5 Å². The summed E-state index contributed by atoms with van der Waals surface area (Å²) in [7, 11) is 0. The van der Waals surface area contributed by atoms with Crippen molar-refractivity contribution in [3.05, 3.63) is 62.9 Å². The Morgan fingerprint density at radius 2 is 2.00 bits per heavy atom. The summed E-state index contributed by atoms with van der Waals surface area (Å²) in [5, 5.41) is 3.92. The monoisotopic (exact) mass is 429 g/mol. The number of rotatable bonds is 4. The summed E-state index contributed by atoms with van der Waals surface area (Å²) in [4.78, 5) is 33.8. The second-order valence-corrected chi connectivity index (χ2v) is 7.59. The average Bonchev–Trinajstić information content (AvgIpc) is 3.18. The van der Waals surface area contributed by atoms with Crippen LogP contribution < -0.4 is 5.32 Å². The van der Waals surface area contributed by atoms with Gasteiger partial charge >= 0.3 is 5.97 Å². The van der Waals surface area contributed by atoms with Crippen molar-refractivity contribution in [2.24, 2.45) is 0 Å². The third-order valence-corrected chi connectivity index (χ3v) is 5.76. The van der Waals surface area contributed by atoms with E-state index in [1.807, 2.05) is 24.3 Å². The van der Waals surface area contributed by atoms with Gasteiger partial charge in [-0.2, -0.15) is 0 Å². The van der Waals surface area contributed by atoms with Crippen LogP contribution in [0.3, 0.4) is 0 Å². The van der Waals surface area contributed by atoms with Gasteiger partial charge in [0.15, 0.2) is 12.4 Å². The number of nitrogens with one attached hydrogen (secondary N) is 1. The molecule has 148 valence electrons. The van der Waals surface area contributed by atoms with E-state index in [9.17, 15) is 9.59 Å². The summed E-state index contributed by atoms with van der Waals surface area (Å²) in [5.41, 5.74) is 3.68. The van der Waals surface area contributed by atoms with Crippen LogP contribution in [0.5, 0.6) is 0 Å². The number of aromatic nitrogens is 2. The molecular weight excluding hydrogens is 413 g/mol. The van der Waals surface area contributed by atoms with Crippen LogP contribution in [0.1, 0.15) is 33.6 Å². The Labute approximate surface area is 177 Å². The zero-order valence-electron chi connectivity index (χ0n) is 15.6. The van der Waals surface area contributed by atoms with E-state index in [-0.39, 0.29) is 10.8 Å². The molecule has 2 aromatic heterocycles. The molecule has 0 unspecified atom stereocenters. The molecule has 0 radical (unpaired) electrons. The van der Waals surface area contributed by atoms with Gasteiger partial charge in [-0.1, -0.05) is 41.4 Å². The first-order valence-corrected chi connectivity index (χ1v) is 9.89. The molecule has 1 N–H and O–H groups in total. The van der Waals surface area contributed by atoms with Crippen molar-refractivity contribution in [3.63, 3.8) is 0 Å². The molecule has 3 aromatic rings. The predicted octanol–water partition coefficient (Wildman–Crippen LogP) is 4.53. The largest absolute Gasteiger partial charge is 0.452 e. The van der Waals surface area contributed by atoms with Gasteiger partial charge in [-0.25, -0.2) is 9.78 Å². The summed E-state index contributed by atoms with van der Waals surface area (Å²) >= 11 is 12.1. The molecule has 0 bridgehead atoms. The van der Waals surface area contributed by atoms with E-state index in [1.165, 1.54) is 6.20 Å². The summed E-state index contributed by atoms with van der Waals surface area (Å²) < 4.78 is 5.31. The quantitative estimate of drug-likeness (QED) is 0.616. The molecule has 4 rings (SSSR count). The highest BCUT2D eigenvalue weighted by atomic mass is 35.5. The van der Waals surface area contributed by atoms with Crippen molar-refractivity contribution in [2.45, 2.75) is 26.2 Å². The maximum absolute atomic E-state index is 12.9. The van der Waals surface area contributed by atoms with Crippen molar-refractivity contribution in [1.82, 2.24) is 9.97 Å². The third-order valence-electron chi connectivity index (χ3n) is 4.92. The van der Waals surface area contributed by atoms with Crippen molar-refractivity contribution in [3.8, 4) is 0 Å².